The van der Waals surface area contributed by atoms with Gasteiger partial charge in [0.1, 0.15) is 11.4 Å². The van der Waals surface area contributed by atoms with Crippen LogP contribution in [0.15, 0.2) is 53.9 Å². The largest absolute Gasteiger partial charge is 0.495 e. The van der Waals surface area contributed by atoms with Crippen LogP contribution in [0, 0.1) is 0 Å². The third-order valence-corrected chi connectivity index (χ3v) is 3.89. The van der Waals surface area contributed by atoms with E-state index in [9.17, 15) is 9.59 Å². The van der Waals surface area contributed by atoms with Crippen LogP contribution in [-0.2, 0) is 0 Å². The van der Waals surface area contributed by atoms with Gasteiger partial charge in [0, 0.05) is 16.5 Å². The highest BCUT2D eigenvalue weighted by atomic mass is 32.1. The van der Waals surface area contributed by atoms with Crippen LogP contribution in [0.4, 0.5) is 10.5 Å². The lowest BCUT2D eigenvalue weighted by Crippen LogP contribution is -2.34. The molecule has 0 fully saturated rings. The number of hydrogen-bond donors (Lipinski definition) is 2. The van der Waals surface area contributed by atoms with Gasteiger partial charge in [0.25, 0.3) is 5.91 Å². The maximum absolute atomic E-state index is 12.2. The molecule has 0 aliphatic rings. The molecular weight excluding hydrogens is 340 g/mol. The van der Waals surface area contributed by atoms with Crippen molar-refractivity contribution in [2.24, 2.45) is 0 Å². The van der Waals surface area contributed by atoms with Gasteiger partial charge in [-0.05, 0) is 35.8 Å². The minimum Gasteiger partial charge on any atom is -0.495 e. The first-order valence-corrected chi connectivity index (χ1v) is 8.14. The van der Waals surface area contributed by atoms with Crippen molar-refractivity contribution in [3.63, 3.8) is 0 Å². The summed E-state index contributed by atoms with van der Waals surface area (Å²) in [5, 5.41) is 10.6. The third kappa shape index (κ3) is 3.99. The Kier molecular flexibility index (Phi) is 5.00. The Labute approximate surface area is 147 Å². The van der Waals surface area contributed by atoms with E-state index < -0.39 is 11.9 Å². The summed E-state index contributed by atoms with van der Waals surface area (Å²) >= 11 is 1.25. The van der Waals surface area contributed by atoms with E-state index in [4.69, 9.17) is 4.74 Å². The fourth-order valence-electron chi connectivity index (χ4n) is 2.16. The second-order valence-corrected chi connectivity index (χ2v) is 5.59. The number of hydrogen-bond acceptors (Lipinski definition) is 6. The minimum absolute atomic E-state index is 0.363. The summed E-state index contributed by atoms with van der Waals surface area (Å²) in [5.41, 5.74) is 2.43. The Bertz CT molecular complexity index is 879. The van der Waals surface area contributed by atoms with Crippen molar-refractivity contribution in [1.82, 2.24) is 14.9 Å². The van der Waals surface area contributed by atoms with Crippen LogP contribution in [-0.4, -0.2) is 28.6 Å². The van der Waals surface area contributed by atoms with Gasteiger partial charge < -0.3 is 10.1 Å². The predicted octanol–water partition coefficient (Wildman–Crippen LogP) is 3.18. The molecule has 8 heteroatoms. The fourth-order valence-corrected chi connectivity index (χ4v) is 2.62. The number of nitrogens with zero attached hydrogens (tertiary/aromatic N) is 2. The summed E-state index contributed by atoms with van der Waals surface area (Å²) in [4.78, 5) is 24.2. The zero-order chi connectivity index (χ0) is 17.6. The average Bonchev–Trinajstić information content (AvgIpc) is 3.17. The molecule has 0 saturated carbocycles. The summed E-state index contributed by atoms with van der Waals surface area (Å²) in [6, 6.07) is 13.1. The van der Waals surface area contributed by atoms with Gasteiger partial charge in [-0.25, -0.2) is 4.79 Å². The van der Waals surface area contributed by atoms with Gasteiger partial charge in [-0.3, -0.25) is 10.1 Å². The molecule has 2 N–H and O–H groups in total. The zero-order valence-corrected chi connectivity index (χ0v) is 14.0. The van der Waals surface area contributed by atoms with Gasteiger partial charge in [0.15, 0.2) is 0 Å². The number of rotatable bonds is 4. The predicted molar refractivity (Wildman–Crippen MR) is 94.8 cm³/mol. The monoisotopic (exact) mass is 354 g/mol. The molecule has 0 aliphatic carbocycles. The smallest absolute Gasteiger partial charge is 0.326 e. The van der Waals surface area contributed by atoms with Crippen molar-refractivity contribution < 1.29 is 14.3 Å². The molecule has 3 amide bonds. The second kappa shape index (κ2) is 7.54. The SMILES string of the molecule is COc1ccccc1NC(=O)NC(=O)c1ccc(-c2csnn2)cc1. The number of benzene rings is 2. The normalized spacial score (nSPS) is 10.1. The molecule has 0 saturated heterocycles. The lowest BCUT2D eigenvalue weighted by Gasteiger charge is -2.10. The standard InChI is InChI=1S/C17H14N4O3S/c1-24-15-5-3-2-4-13(15)18-17(23)19-16(22)12-8-6-11(7-9-12)14-10-25-21-20-14/h2-10H,1H3,(H2,18,19,22,23). The van der Waals surface area contributed by atoms with E-state index in [1.807, 2.05) is 5.38 Å². The number of carbonyl (C=O) groups excluding carboxylic acids is 2. The number of carbonyl (C=O) groups is 2. The Morgan fingerprint density at radius 3 is 2.52 bits per heavy atom. The number of ether oxygens (including phenoxy) is 1. The number of methoxy groups -OCH3 is 1. The Hall–Kier alpha value is -3.26. The Balaban J connectivity index is 1.64. The number of anilines is 1. The molecule has 25 heavy (non-hydrogen) atoms. The van der Waals surface area contributed by atoms with Gasteiger partial charge in [-0.2, -0.15) is 0 Å². The molecule has 0 radical (unpaired) electrons. The van der Waals surface area contributed by atoms with Crippen molar-refractivity contribution in [1.29, 1.82) is 0 Å². The maximum atomic E-state index is 12.2. The van der Waals surface area contributed by atoms with E-state index >= 15 is 0 Å². The molecule has 3 rings (SSSR count). The van der Waals surface area contributed by atoms with E-state index in [1.54, 1.807) is 48.5 Å². The fraction of sp³-hybridized carbons (Fsp3) is 0.0588. The topological polar surface area (TPSA) is 93.2 Å². The zero-order valence-electron chi connectivity index (χ0n) is 13.2. The molecule has 0 bridgehead atoms. The Morgan fingerprint density at radius 1 is 1.08 bits per heavy atom. The van der Waals surface area contributed by atoms with Gasteiger partial charge in [-0.1, -0.05) is 28.8 Å². The van der Waals surface area contributed by atoms with Crippen molar-refractivity contribution in [2.75, 3.05) is 12.4 Å². The highest BCUT2D eigenvalue weighted by Gasteiger charge is 2.12. The first kappa shape index (κ1) is 16.6. The first-order valence-electron chi connectivity index (χ1n) is 7.30. The van der Waals surface area contributed by atoms with E-state index in [0.717, 1.165) is 11.3 Å². The van der Waals surface area contributed by atoms with Gasteiger partial charge in [0.05, 0.1) is 12.8 Å². The van der Waals surface area contributed by atoms with Crippen LogP contribution < -0.4 is 15.4 Å². The quantitative estimate of drug-likeness (QED) is 0.750. The van der Waals surface area contributed by atoms with Crippen LogP contribution in [0.2, 0.25) is 0 Å². The van der Waals surface area contributed by atoms with Crippen molar-refractivity contribution >= 4 is 29.2 Å². The molecule has 2 aromatic carbocycles. The molecule has 0 unspecified atom stereocenters. The first-order chi connectivity index (χ1) is 12.2. The van der Waals surface area contributed by atoms with Crippen molar-refractivity contribution in [3.05, 3.63) is 59.5 Å². The molecular formula is C17H14N4O3S. The number of urea groups is 1. The van der Waals surface area contributed by atoms with E-state index in [1.165, 1.54) is 18.6 Å². The lowest BCUT2D eigenvalue weighted by atomic mass is 10.1. The van der Waals surface area contributed by atoms with Gasteiger partial charge >= 0.3 is 6.03 Å². The molecule has 0 atom stereocenters. The molecule has 0 spiro atoms. The van der Waals surface area contributed by atoms with Crippen molar-refractivity contribution in [3.8, 4) is 17.0 Å². The minimum atomic E-state index is -0.637. The second-order valence-electron chi connectivity index (χ2n) is 4.98. The Morgan fingerprint density at radius 2 is 1.84 bits per heavy atom. The number of para-hydroxylation sites is 2. The van der Waals surface area contributed by atoms with Crippen LogP contribution in [0.5, 0.6) is 5.75 Å². The molecule has 7 nitrogen and oxygen atoms in total. The van der Waals surface area contributed by atoms with Crippen LogP contribution in [0.3, 0.4) is 0 Å². The number of imide groups is 1. The molecule has 126 valence electrons. The third-order valence-electron chi connectivity index (χ3n) is 3.39. The van der Waals surface area contributed by atoms with Crippen LogP contribution >= 0.6 is 11.5 Å². The van der Waals surface area contributed by atoms with E-state index in [-0.39, 0.29) is 0 Å². The average molecular weight is 354 g/mol. The number of amides is 3. The highest BCUT2D eigenvalue weighted by Crippen LogP contribution is 2.23. The van der Waals surface area contributed by atoms with E-state index in [2.05, 4.69) is 20.2 Å². The van der Waals surface area contributed by atoms with Crippen LogP contribution in [0.25, 0.3) is 11.3 Å². The molecule has 3 aromatic rings. The maximum Gasteiger partial charge on any atom is 0.326 e. The summed E-state index contributed by atoms with van der Waals surface area (Å²) in [6.07, 6.45) is 0. The number of nitrogens with one attached hydrogen (secondary N) is 2. The highest BCUT2D eigenvalue weighted by molar-refractivity contribution is 7.03. The van der Waals surface area contributed by atoms with Crippen LogP contribution in [0.1, 0.15) is 10.4 Å². The summed E-state index contributed by atoms with van der Waals surface area (Å²) < 4.78 is 8.95. The molecule has 1 heterocycles. The van der Waals surface area contributed by atoms with Crippen molar-refractivity contribution in [2.45, 2.75) is 0 Å². The van der Waals surface area contributed by atoms with E-state index in [0.29, 0.717) is 17.0 Å². The van der Waals surface area contributed by atoms with Gasteiger partial charge in [0.2, 0.25) is 0 Å². The summed E-state index contributed by atoms with van der Waals surface area (Å²) in [5.74, 6) is 0.00155. The number of aromatic nitrogens is 2. The summed E-state index contributed by atoms with van der Waals surface area (Å²) in [6.45, 7) is 0. The summed E-state index contributed by atoms with van der Waals surface area (Å²) in [7, 11) is 1.50. The van der Waals surface area contributed by atoms with Gasteiger partial charge in [-0.15, -0.1) is 5.10 Å². The molecule has 0 aliphatic heterocycles. The lowest BCUT2D eigenvalue weighted by molar-refractivity contribution is 0.0967. The molecule has 1 aromatic heterocycles.